The van der Waals surface area contributed by atoms with Crippen LogP contribution in [0.4, 0.5) is 4.39 Å². The molecule has 27 heavy (non-hydrogen) atoms. The first kappa shape index (κ1) is 17.1. The number of carbonyl (C=O) groups excluding carboxylic acids is 1. The number of nitrogens with zero attached hydrogens (tertiary/aromatic N) is 4. The lowest BCUT2D eigenvalue weighted by atomic mass is 10.1. The molecule has 0 aliphatic carbocycles. The van der Waals surface area contributed by atoms with Gasteiger partial charge in [0.25, 0.3) is 11.8 Å². The Bertz CT molecular complexity index is 945. The van der Waals surface area contributed by atoms with E-state index in [4.69, 9.17) is 9.26 Å². The van der Waals surface area contributed by atoms with Gasteiger partial charge < -0.3 is 14.2 Å². The van der Waals surface area contributed by atoms with Crippen LogP contribution in [0.15, 0.2) is 53.3 Å². The summed E-state index contributed by atoms with van der Waals surface area (Å²) in [4.78, 5) is 22.1. The van der Waals surface area contributed by atoms with Gasteiger partial charge in [0, 0.05) is 30.9 Å². The van der Waals surface area contributed by atoms with Gasteiger partial charge in [0.2, 0.25) is 11.5 Å². The van der Waals surface area contributed by atoms with E-state index in [1.54, 1.807) is 49.7 Å². The molecule has 0 radical (unpaired) electrons. The SMILES string of the molecule is COc1ccc(-c2noc(C3(F)CCN(C(=O)c4cccnc4)C3)n2)cc1. The Labute approximate surface area is 154 Å². The predicted octanol–water partition coefficient (Wildman–Crippen LogP) is 2.85. The summed E-state index contributed by atoms with van der Waals surface area (Å²) in [5, 5.41) is 3.88. The van der Waals surface area contributed by atoms with Crippen molar-refractivity contribution in [3.63, 3.8) is 0 Å². The second kappa shape index (κ2) is 6.79. The number of hydrogen-bond donors (Lipinski definition) is 0. The van der Waals surface area contributed by atoms with Crippen LogP contribution in [-0.4, -0.2) is 46.1 Å². The molecule has 0 spiro atoms. The number of rotatable bonds is 4. The van der Waals surface area contributed by atoms with E-state index in [0.29, 0.717) is 22.7 Å². The third kappa shape index (κ3) is 3.25. The Morgan fingerprint density at radius 1 is 1.30 bits per heavy atom. The van der Waals surface area contributed by atoms with Crippen molar-refractivity contribution >= 4 is 5.91 Å². The standard InChI is InChI=1S/C19H17FN4O3/c1-26-15-6-4-13(5-7-15)16-22-18(27-23-16)19(20)8-10-24(12-19)17(25)14-3-2-9-21-11-14/h2-7,9,11H,8,10,12H2,1H3. The van der Waals surface area contributed by atoms with Crippen molar-refractivity contribution in [3.05, 3.63) is 60.2 Å². The van der Waals surface area contributed by atoms with Gasteiger partial charge in [-0.25, -0.2) is 4.39 Å². The molecule has 1 saturated heterocycles. The second-order valence-corrected chi connectivity index (χ2v) is 6.34. The molecule has 1 amide bonds. The molecule has 1 aromatic carbocycles. The first-order valence-corrected chi connectivity index (χ1v) is 8.46. The van der Waals surface area contributed by atoms with Crippen molar-refractivity contribution in [2.45, 2.75) is 12.1 Å². The van der Waals surface area contributed by atoms with Gasteiger partial charge in [-0.2, -0.15) is 4.98 Å². The number of halogens is 1. The third-order valence-corrected chi connectivity index (χ3v) is 4.57. The molecular formula is C19H17FN4O3. The summed E-state index contributed by atoms with van der Waals surface area (Å²) >= 11 is 0. The zero-order chi connectivity index (χ0) is 18.9. The molecular weight excluding hydrogens is 351 g/mol. The fourth-order valence-electron chi connectivity index (χ4n) is 3.06. The number of likely N-dealkylation sites (tertiary alicyclic amines) is 1. The van der Waals surface area contributed by atoms with Crippen LogP contribution in [0, 0.1) is 0 Å². The van der Waals surface area contributed by atoms with E-state index < -0.39 is 5.67 Å². The van der Waals surface area contributed by atoms with Gasteiger partial charge in [-0.3, -0.25) is 9.78 Å². The van der Waals surface area contributed by atoms with E-state index >= 15 is 4.39 Å². The zero-order valence-corrected chi connectivity index (χ0v) is 14.6. The minimum atomic E-state index is -1.87. The number of benzene rings is 1. The normalized spacial score (nSPS) is 19.3. The van der Waals surface area contributed by atoms with Crippen LogP contribution >= 0.6 is 0 Å². The highest BCUT2D eigenvalue weighted by Crippen LogP contribution is 2.36. The Morgan fingerprint density at radius 3 is 2.81 bits per heavy atom. The highest BCUT2D eigenvalue weighted by molar-refractivity contribution is 5.94. The lowest BCUT2D eigenvalue weighted by Crippen LogP contribution is -2.32. The molecule has 1 aliphatic rings. The molecule has 3 aromatic rings. The Morgan fingerprint density at radius 2 is 2.11 bits per heavy atom. The number of alkyl halides is 1. The second-order valence-electron chi connectivity index (χ2n) is 6.34. The van der Waals surface area contributed by atoms with Crippen LogP contribution in [0.2, 0.25) is 0 Å². The topological polar surface area (TPSA) is 81.4 Å². The van der Waals surface area contributed by atoms with Crippen molar-refractivity contribution < 1.29 is 18.4 Å². The van der Waals surface area contributed by atoms with E-state index in [1.807, 2.05) is 0 Å². The van der Waals surface area contributed by atoms with Crippen molar-refractivity contribution in [1.29, 1.82) is 0 Å². The lowest BCUT2D eigenvalue weighted by molar-refractivity contribution is 0.0716. The molecule has 8 heteroatoms. The third-order valence-electron chi connectivity index (χ3n) is 4.57. The summed E-state index contributed by atoms with van der Waals surface area (Å²) < 4.78 is 25.7. The van der Waals surface area contributed by atoms with Crippen LogP contribution in [0.25, 0.3) is 11.4 Å². The highest BCUT2D eigenvalue weighted by Gasteiger charge is 2.46. The molecule has 1 atom stereocenters. The van der Waals surface area contributed by atoms with Gasteiger partial charge in [-0.1, -0.05) is 5.16 Å². The van der Waals surface area contributed by atoms with Gasteiger partial charge in [-0.15, -0.1) is 0 Å². The maximum absolute atomic E-state index is 15.4. The van der Waals surface area contributed by atoms with Crippen molar-refractivity contribution in [2.24, 2.45) is 0 Å². The summed E-state index contributed by atoms with van der Waals surface area (Å²) in [7, 11) is 1.58. The first-order valence-electron chi connectivity index (χ1n) is 8.46. The van der Waals surface area contributed by atoms with Crippen LogP contribution in [0.3, 0.4) is 0 Å². The lowest BCUT2D eigenvalue weighted by Gasteiger charge is -2.17. The average Bonchev–Trinajstić information content (AvgIpc) is 3.36. The van der Waals surface area contributed by atoms with E-state index in [2.05, 4.69) is 15.1 Å². The number of methoxy groups -OCH3 is 1. The summed E-state index contributed by atoms with van der Waals surface area (Å²) in [6.07, 6.45) is 3.15. The molecule has 0 saturated carbocycles. The number of ether oxygens (including phenoxy) is 1. The van der Waals surface area contributed by atoms with Crippen LogP contribution in [-0.2, 0) is 5.67 Å². The molecule has 7 nitrogen and oxygen atoms in total. The quantitative estimate of drug-likeness (QED) is 0.704. The highest BCUT2D eigenvalue weighted by atomic mass is 19.1. The molecule has 4 rings (SSSR count). The van der Waals surface area contributed by atoms with Crippen molar-refractivity contribution in [3.8, 4) is 17.1 Å². The average molecular weight is 368 g/mol. The van der Waals surface area contributed by atoms with E-state index in [-0.39, 0.29) is 31.3 Å². The van der Waals surface area contributed by atoms with Crippen molar-refractivity contribution in [2.75, 3.05) is 20.2 Å². The van der Waals surface area contributed by atoms with Crippen molar-refractivity contribution in [1.82, 2.24) is 20.0 Å². The Balaban J connectivity index is 1.52. The number of hydrogen-bond acceptors (Lipinski definition) is 6. The largest absolute Gasteiger partial charge is 0.497 e. The first-order chi connectivity index (χ1) is 13.1. The summed E-state index contributed by atoms with van der Waals surface area (Å²) in [5.41, 5.74) is -0.753. The van der Waals surface area contributed by atoms with E-state index in [1.165, 1.54) is 11.1 Å². The minimum absolute atomic E-state index is 0.100. The van der Waals surface area contributed by atoms with Gasteiger partial charge in [-0.05, 0) is 36.4 Å². The van der Waals surface area contributed by atoms with E-state index in [9.17, 15) is 4.79 Å². The maximum Gasteiger partial charge on any atom is 0.266 e. The Hall–Kier alpha value is -3.29. The maximum atomic E-state index is 15.4. The summed E-state index contributed by atoms with van der Waals surface area (Å²) in [5.74, 6) is 0.610. The summed E-state index contributed by atoms with van der Waals surface area (Å²) in [6, 6.07) is 10.4. The Kier molecular flexibility index (Phi) is 4.31. The number of pyridine rings is 1. The monoisotopic (exact) mass is 368 g/mol. The fraction of sp³-hybridized carbons (Fsp3) is 0.263. The summed E-state index contributed by atoms with van der Waals surface area (Å²) in [6.45, 7) is 0.134. The zero-order valence-electron chi connectivity index (χ0n) is 14.6. The minimum Gasteiger partial charge on any atom is -0.497 e. The molecule has 138 valence electrons. The fourth-order valence-corrected chi connectivity index (χ4v) is 3.06. The van der Waals surface area contributed by atoms with E-state index in [0.717, 1.165) is 0 Å². The molecule has 2 aromatic heterocycles. The van der Waals surface area contributed by atoms with Gasteiger partial charge in [0.1, 0.15) is 5.75 Å². The molecule has 0 bridgehead atoms. The van der Waals surface area contributed by atoms with Gasteiger partial charge in [0.05, 0.1) is 19.2 Å². The van der Waals surface area contributed by atoms with Gasteiger partial charge in [0.15, 0.2) is 0 Å². The van der Waals surface area contributed by atoms with Gasteiger partial charge >= 0.3 is 0 Å². The van der Waals surface area contributed by atoms with Crippen LogP contribution in [0.5, 0.6) is 5.75 Å². The number of carbonyl (C=O) groups is 1. The molecule has 3 heterocycles. The molecule has 1 unspecified atom stereocenters. The number of amides is 1. The molecule has 1 aliphatic heterocycles. The molecule has 1 fully saturated rings. The smallest absolute Gasteiger partial charge is 0.266 e. The molecule has 0 N–H and O–H groups in total. The van der Waals surface area contributed by atoms with Crippen LogP contribution in [0.1, 0.15) is 22.7 Å². The predicted molar refractivity (Wildman–Crippen MR) is 93.8 cm³/mol. The van der Waals surface area contributed by atoms with Crippen LogP contribution < -0.4 is 4.74 Å². The number of aromatic nitrogens is 3.